The van der Waals surface area contributed by atoms with E-state index in [0.717, 1.165) is 26.1 Å². The van der Waals surface area contributed by atoms with E-state index in [2.05, 4.69) is 10.4 Å². The number of nitrogens with one attached hydrogen (secondary N) is 1. The molecule has 0 atom stereocenters. The smallest absolute Gasteiger partial charge is 0.475 e. The molecule has 1 saturated heterocycles. The summed E-state index contributed by atoms with van der Waals surface area (Å²) in [5, 5.41) is 13.8. The third-order valence-electron chi connectivity index (χ3n) is 2.64. The Morgan fingerprint density at radius 2 is 1.95 bits per heavy atom. The molecule has 126 valence electrons. The summed E-state index contributed by atoms with van der Waals surface area (Å²) in [7, 11) is 0. The highest BCUT2D eigenvalue weighted by Crippen LogP contribution is 2.17. The molecule has 22 heavy (non-hydrogen) atoms. The molecule has 0 radical (unpaired) electrons. The van der Waals surface area contributed by atoms with Gasteiger partial charge in [-0.3, -0.25) is 0 Å². The van der Waals surface area contributed by atoms with Gasteiger partial charge in [-0.25, -0.2) is 9.48 Å². The van der Waals surface area contributed by atoms with E-state index in [9.17, 15) is 22.0 Å². The Morgan fingerprint density at radius 1 is 1.41 bits per heavy atom. The fraction of sp³-hybridized carbons (Fsp3) is 0.636. The van der Waals surface area contributed by atoms with Gasteiger partial charge < -0.3 is 15.2 Å². The number of alkyl halides is 5. The summed E-state index contributed by atoms with van der Waals surface area (Å²) in [5.74, 6) is -2.76. The molecular weight excluding hydrogens is 317 g/mol. The van der Waals surface area contributed by atoms with Gasteiger partial charge in [0.15, 0.2) is 0 Å². The van der Waals surface area contributed by atoms with Crippen LogP contribution in [0.3, 0.4) is 0 Å². The zero-order chi connectivity index (χ0) is 16.8. The third-order valence-corrected chi connectivity index (χ3v) is 2.64. The van der Waals surface area contributed by atoms with Crippen molar-refractivity contribution in [3.63, 3.8) is 0 Å². The van der Waals surface area contributed by atoms with Crippen LogP contribution in [-0.4, -0.2) is 46.3 Å². The first-order chi connectivity index (χ1) is 10.2. The molecule has 0 spiro atoms. The SMILES string of the molecule is FC(F)n1cc(NC2CCOCC2)cn1.O=C(O)C(F)(F)F. The number of carboxylic acid groups (broad SMARTS) is 1. The average Bonchev–Trinajstić information content (AvgIpc) is 2.88. The molecular formula is C11H14F5N3O3. The van der Waals surface area contributed by atoms with Crippen LogP contribution >= 0.6 is 0 Å². The summed E-state index contributed by atoms with van der Waals surface area (Å²) in [4.78, 5) is 8.90. The summed E-state index contributed by atoms with van der Waals surface area (Å²) < 4.78 is 62.0. The van der Waals surface area contributed by atoms with Gasteiger partial charge in [0, 0.05) is 19.3 Å². The molecule has 11 heteroatoms. The van der Waals surface area contributed by atoms with Crippen LogP contribution in [0.4, 0.5) is 27.6 Å². The van der Waals surface area contributed by atoms with E-state index in [-0.39, 0.29) is 0 Å². The van der Waals surface area contributed by atoms with Gasteiger partial charge in [0.2, 0.25) is 0 Å². The number of aromatic nitrogens is 2. The first-order valence-electron chi connectivity index (χ1n) is 6.17. The monoisotopic (exact) mass is 331 g/mol. The van der Waals surface area contributed by atoms with Crippen molar-refractivity contribution in [2.45, 2.75) is 31.6 Å². The minimum atomic E-state index is -5.08. The summed E-state index contributed by atoms with van der Waals surface area (Å²) in [6.45, 7) is -1.13. The van der Waals surface area contributed by atoms with E-state index in [4.69, 9.17) is 14.6 Å². The molecule has 1 fully saturated rings. The number of hydrogen-bond donors (Lipinski definition) is 2. The molecule has 1 aromatic rings. The van der Waals surface area contributed by atoms with Gasteiger partial charge in [0.1, 0.15) is 0 Å². The van der Waals surface area contributed by atoms with Gasteiger partial charge in [0.05, 0.1) is 18.1 Å². The molecule has 2 heterocycles. The number of halogens is 5. The number of anilines is 1. The maximum atomic E-state index is 12.2. The van der Waals surface area contributed by atoms with E-state index in [1.54, 1.807) is 0 Å². The number of ether oxygens (including phenoxy) is 1. The van der Waals surface area contributed by atoms with Gasteiger partial charge in [-0.1, -0.05) is 0 Å². The zero-order valence-electron chi connectivity index (χ0n) is 11.2. The fourth-order valence-corrected chi connectivity index (χ4v) is 1.60. The Bertz CT molecular complexity index is 472. The highest BCUT2D eigenvalue weighted by atomic mass is 19.4. The maximum Gasteiger partial charge on any atom is 0.490 e. The van der Waals surface area contributed by atoms with Gasteiger partial charge in [0.25, 0.3) is 0 Å². The van der Waals surface area contributed by atoms with Crippen LogP contribution in [0.25, 0.3) is 0 Å². The van der Waals surface area contributed by atoms with Crippen LogP contribution in [0.1, 0.15) is 19.4 Å². The fourth-order valence-electron chi connectivity index (χ4n) is 1.60. The van der Waals surface area contributed by atoms with Crippen molar-refractivity contribution in [3.05, 3.63) is 12.4 Å². The molecule has 0 bridgehead atoms. The average molecular weight is 331 g/mol. The van der Waals surface area contributed by atoms with Crippen molar-refractivity contribution in [2.75, 3.05) is 18.5 Å². The van der Waals surface area contributed by atoms with Crippen LogP contribution in [0.15, 0.2) is 12.4 Å². The molecule has 2 N–H and O–H groups in total. The first kappa shape index (κ1) is 18.1. The highest BCUT2D eigenvalue weighted by molar-refractivity contribution is 5.73. The summed E-state index contributed by atoms with van der Waals surface area (Å²) in [5.41, 5.74) is 0.641. The lowest BCUT2D eigenvalue weighted by Gasteiger charge is -2.23. The van der Waals surface area contributed by atoms with Crippen molar-refractivity contribution in [3.8, 4) is 0 Å². The second-order valence-electron chi connectivity index (χ2n) is 4.32. The van der Waals surface area contributed by atoms with E-state index in [1.165, 1.54) is 12.4 Å². The van der Waals surface area contributed by atoms with Gasteiger partial charge in [-0.05, 0) is 12.8 Å². The summed E-state index contributed by atoms with van der Waals surface area (Å²) in [6, 6.07) is 0.300. The Labute approximate surface area is 121 Å². The van der Waals surface area contributed by atoms with Crippen molar-refractivity contribution in [1.82, 2.24) is 9.78 Å². The normalized spacial score (nSPS) is 16.1. The first-order valence-corrected chi connectivity index (χ1v) is 6.17. The number of rotatable bonds is 3. The largest absolute Gasteiger partial charge is 0.490 e. The van der Waals surface area contributed by atoms with Gasteiger partial charge in [-0.2, -0.15) is 27.1 Å². The zero-order valence-corrected chi connectivity index (χ0v) is 11.2. The Hall–Kier alpha value is -1.91. The lowest BCUT2D eigenvalue weighted by atomic mass is 10.1. The van der Waals surface area contributed by atoms with Gasteiger partial charge in [-0.15, -0.1) is 0 Å². The van der Waals surface area contributed by atoms with Crippen LogP contribution < -0.4 is 5.32 Å². The van der Waals surface area contributed by atoms with Crippen molar-refractivity contribution < 1.29 is 36.6 Å². The lowest BCUT2D eigenvalue weighted by molar-refractivity contribution is -0.192. The molecule has 2 rings (SSSR count). The second kappa shape index (κ2) is 7.92. The van der Waals surface area contributed by atoms with Crippen LogP contribution in [0.5, 0.6) is 0 Å². The molecule has 1 aliphatic heterocycles. The van der Waals surface area contributed by atoms with Crippen LogP contribution in [0, 0.1) is 0 Å². The highest BCUT2D eigenvalue weighted by Gasteiger charge is 2.38. The molecule has 1 aromatic heterocycles. The van der Waals surface area contributed by atoms with E-state index in [1.807, 2.05) is 0 Å². The van der Waals surface area contributed by atoms with E-state index >= 15 is 0 Å². The number of aliphatic carboxylic acids is 1. The molecule has 0 aliphatic carbocycles. The number of hydrogen-bond acceptors (Lipinski definition) is 4. The van der Waals surface area contributed by atoms with Crippen LogP contribution in [0.2, 0.25) is 0 Å². The predicted octanol–water partition coefficient (Wildman–Crippen LogP) is 2.50. The standard InChI is InChI=1S/C9H13F2N3O.C2HF3O2/c10-9(11)14-6-8(5-12-14)13-7-1-3-15-4-2-7;3-2(4,5)1(6)7/h5-7,9,13H,1-4H2;(H,6,7). The quantitative estimate of drug-likeness (QED) is 0.832. The number of carboxylic acids is 1. The molecule has 6 nitrogen and oxygen atoms in total. The Morgan fingerprint density at radius 3 is 2.36 bits per heavy atom. The molecule has 0 aromatic carbocycles. The third kappa shape index (κ3) is 6.24. The minimum absolute atomic E-state index is 0.300. The topological polar surface area (TPSA) is 76.4 Å². The predicted molar refractivity (Wildman–Crippen MR) is 64.6 cm³/mol. The minimum Gasteiger partial charge on any atom is -0.475 e. The Kier molecular flexibility index (Phi) is 6.53. The van der Waals surface area contributed by atoms with E-state index in [0.29, 0.717) is 16.4 Å². The second-order valence-corrected chi connectivity index (χ2v) is 4.32. The van der Waals surface area contributed by atoms with Crippen molar-refractivity contribution in [2.24, 2.45) is 0 Å². The molecule has 0 unspecified atom stereocenters. The Balaban J connectivity index is 0.000000295. The van der Waals surface area contributed by atoms with Crippen LogP contribution in [-0.2, 0) is 9.53 Å². The van der Waals surface area contributed by atoms with Crippen molar-refractivity contribution >= 4 is 11.7 Å². The molecule has 0 saturated carbocycles. The lowest BCUT2D eigenvalue weighted by Crippen LogP contribution is -2.27. The number of nitrogens with zero attached hydrogens (tertiary/aromatic N) is 2. The van der Waals surface area contributed by atoms with E-state index < -0.39 is 18.7 Å². The van der Waals surface area contributed by atoms with Gasteiger partial charge >= 0.3 is 18.7 Å². The number of carbonyl (C=O) groups is 1. The summed E-state index contributed by atoms with van der Waals surface area (Å²) >= 11 is 0. The summed E-state index contributed by atoms with van der Waals surface area (Å²) in [6.07, 6.45) is -0.540. The molecule has 1 aliphatic rings. The maximum absolute atomic E-state index is 12.2. The molecule has 0 amide bonds. The van der Waals surface area contributed by atoms with Crippen molar-refractivity contribution in [1.29, 1.82) is 0 Å².